The zero-order valence-electron chi connectivity index (χ0n) is 27.3. The summed E-state index contributed by atoms with van der Waals surface area (Å²) in [4.78, 5) is 23.8. The predicted octanol–water partition coefficient (Wildman–Crippen LogP) is 2.10. The molecular weight excluding hydrogens is 727 g/mol. The van der Waals surface area contributed by atoms with Crippen LogP contribution in [0, 0.1) is 7.43 Å². The van der Waals surface area contributed by atoms with Crippen molar-refractivity contribution >= 4 is 35.1 Å². The number of aliphatic imine (C=N–C) groups is 1. The first-order valence-corrected chi connectivity index (χ1v) is 14.2. The van der Waals surface area contributed by atoms with Gasteiger partial charge >= 0.3 is 75.1 Å². The number of hydrogen-bond donors (Lipinski definition) is 2. The van der Waals surface area contributed by atoms with Crippen LogP contribution in [0.15, 0.2) is 52.9 Å². The van der Waals surface area contributed by atoms with Crippen LogP contribution in [0.5, 0.6) is 0 Å². The molecule has 10 nitrogen and oxygen atoms in total. The molecule has 1 aromatic carbocycles. The number of amides is 1. The number of alkyl halides is 4. The number of halogens is 4. The van der Waals surface area contributed by atoms with Gasteiger partial charge in [0.25, 0.3) is 5.91 Å². The number of nitrogens with one attached hydrogen (secondary N) is 2. The van der Waals surface area contributed by atoms with E-state index in [0.717, 1.165) is 4.57 Å². The zero-order valence-corrected chi connectivity index (χ0v) is 33.6. The fourth-order valence-corrected chi connectivity index (χ4v) is 5.28. The van der Waals surface area contributed by atoms with Gasteiger partial charge in [0.1, 0.15) is 19.3 Å². The van der Waals surface area contributed by atoms with Gasteiger partial charge in [0.05, 0.1) is 41.5 Å². The molecule has 1 aliphatic rings. The molecule has 2 N–H and O–H groups in total. The van der Waals surface area contributed by atoms with Gasteiger partial charge in [-0.25, -0.2) is 9.38 Å². The number of anilines is 1. The van der Waals surface area contributed by atoms with E-state index in [9.17, 15) is 22.4 Å². The Bertz CT molecular complexity index is 1490. The standard InChI is InChI=1S/C30H39F4N7O3.CH3.Cs/c1-29(2,19-43-5)40-13-9-20(16-40)28(42)36-11-14-44-38-27(35-3)26-15-21-23(37-24-17-39(4)12-10-22(24)31)7-6-8-25(21)41(26)18-30(32,33)34;;/h6-9,13,15-16,22,24,37H,3,10-12,14,17-19H2,1-2,4-5H3,(H,36,42);1H3;/q;-1;+1/b38-27-;;. The van der Waals surface area contributed by atoms with Crippen LogP contribution in [0.3, 0.4) is 0 Å². The molecular formula is C31H42CsF4N7O3. The molecule has 1 saturated heterocycles. The minimum atomic E-state index is -4.55. The fraction of sp³-hybridized carbons (Fsp3) is 0.484. The van der Waals surface area contributed by atoms with E-state index >= 15 is 0 Å². The maximum Gasteiger partial charge on any atom is 1.00 e. The molecule has 0 radical (unpaired) electrons. The van der Waals surface area contributed by atoms with Gasteiger partial charge in [-0.3, -0.25) is 4.79 Å². The number of piperidine rings is 1. The van der Waals surface area contributed by atoms with E-state index in [2.05, 4.69) is 27.5 Å². The number of methoxy groups -OCH3 is 1. The Kier molecular flexibility index (Phi) is 15.3. The van der Waals surface area contributed by atoms with Gasteiger partial charge in [0.2, 0.25) is 5.84 Å². The summed E-state index contributed by atoms with van der Waals surface area (Å²) < 4.78 is 63.9. The van der Waals surface area contributed by atoms with Gasteiger partial charge in [0, 0.05) is 43.7 Å². The normalized spacial score (nSPS) is 17.6. The summed E-state index contributed by atoms with van der Waals surface area (Å²) in [7, 11) is 3.50. The van der Waals surface area contributed by atoms with Crippen LogP contribution in [-0.4, -0.2) is 97.9 Å². The second-order valence-electron chi connectivity index (χ2n) is 11.5. The van der Waals surface area contributed by atoms with Crippen molar-refractivity contribution in [3.05, 3.63) is 61.4 Å². The molecule has 4 rings (SSSR count). The number of ether oxygens (including phenoxy) is 1. The van der Waals surface area contributed by atoms with E-state index in [1.54, 1.807) is 43.8 Å². The summed E-state index contributed by atoms with van der Waals surface area (Å²) >= 11 is 0. The molecule has 0 spiro atoms. The largest absolute Gasteiger partial charge is 1.00 e. The molecule has 248 valence electrons. The van der Waals surface area contributed by atoms with Gasteiger partial charge in [-0.2, -0.15) is 13.2 Å². The third-order valence-electron chi connectivity index (χ3n) is 7.52. The molecule has 1 amide bonds. The van der Waals surface area contributed by atoms with Gasteiger partial charge in [-0.15, -0.1) is 0 Å². The summed E-state index contributed by atoms with van der Waals surface area (Å²) in [6.07, 6.45) is -1.77. The van der Waals surface area contributed by atoms with E-state index in [4.69, 9.17) is 9.57 Å². The summed E-state index contributed by atoms with van der Waals surface area (Å²) in [6, 6.07) is 7.55. The fourth-order valence-electron chi connectivity index (χ4n) is 5.28. The molecule has 0 aliphatic carbocycles. The number of fused-ring (bicyclic) bond motifs is 1. The zero-order chi connectivity index (χ0) is 32.1. The summed E-state index contributed by atoms with van der Waals surface area (Å²) in [6.45, 7) is 7.69. The third kappa shape index (κ3) is 10.3. The monoisotopic (exact) mass is 769 g/mol. The van der Waals surface area contributed by atoms with E-state index in [1.807, 2.05) is 30.4 Å². The number of benzene rings is 1. The topological polar surface area (TPSA) is 97.4 Å². The summed E-state index contributed by atoms with van der Waals surface area (Å²) in [5, 5.41) is 10.3. The molecule has 46 heavy (non-hydrogen) atoms. The molecule has 15 heteroatoms. The Morgan fingerprint density at radius 1 is 1.22 bits per heavy atom. The minimum Gasteiger partial charge on any atom is -0.392 e. The Labute approximate surface area is 326 Å². The Morgan fingerprint density at radius 2 is 1.96 bits per heavy atom. The van der Waals surface area contributed by atoms with Crippen molar-refractivity contribution < 1.29 is 101 Å². The molecule has 3 heterocycles. The number of amidine groups is 1. The first-order chi connectivity index (χ1) is 20.8. The van der Waals surface area contributed by atoms with Gasteiger partial charge in [-0.1, -0.05) is 11.2 Å². The third-order valence-corrected chi connectivity index (χ3v) is 7.52. The molecule has 3 aromatic rings. The number of rotatable bonds is 12. The first-order valence-electron chi connectivity index (χ1n) is 14.2. The molecule has 2 unspecified atom stereocenters. The Hall–Kier alpha value is -1.86. The molecule has 0 bridgehead atoms. The second-order valence-corrected chi connectivity index (χ2v) is 11.5. The van der Waals surface area contributed by atoms with Crippen molar-refractivity contribution in [2.24, 2.45) is 10.1 Å². The number of nitrogens with zero attached hydrogens (tertiary/aromatic N) is 5. The Balaban J connectivity index is 0.00000368. The van der Waals surface area contributed by atoms with Crippen molar-refractivity contribution in [3.8, 4) is 0 Å². The maximum atomic E-state index is 14.7. The van der Waals surface area contributed by atoms with E-state index in [0.29, 0.717) is 42.8 Å². The van der Waals surface area contributed by atoms with Gasteiger partial charge in [0.15, 0.2) is 0 Å². The van der Waals surface area contributed by atoms with Crippen molar-refractivity contribution in [1.29, 1.82) is 0 Å². The van der Waals surface area contributed by atoms with Crippen molar-refractivity contribution in [2.75, 3.05) is 52.3 Å². The van der Waals surface area contributed by atoms with Crippen LogP contribution in [0.25, 0.3) is 10.9 Å². The molecule has 2 aromatic heterocycles. The average molecular weight is 770 g/mol. The molecule has 2 atom stereocenters. The average Bonchev–Trinajstić information content (AvgIpc) is 3.59. The van der Waals surface area contributed by atoms with Crippen LogP contribution in [0.2, 0.25) is 0 Å². The number of likely N-dealkylation sites (N-methyl/N-ethyl adjacent to an activating group) is 1. The van der Waals surface area contributed by atoms with Crippen LogP contribution < -0.4 is 79.5 Å². The number of aromatic nitrogens is 2. The molecule has 1 fully saturated rings. The van der Waals surface area contributed by atoms with Crippen molar-refractivity contribution in [3.63, 3.8) is 0 Å². The predicted molar refractivity (Wildman–Crippen MR) is 169 cm³/mol. The number of likely N-dealkylation sites (tertiary alicyclic amines) is 1. The molecule has 0 saturated carbocycles. The van der Waals surface area contributed by atoms with E-state index in [-0.39, 0.29) is 118 Å². The smallest absolute Gasteiger partial charge is 0.392 e. The van der Waals surface area contributed by atoms with E-state index < -0.39 is 24.9 Å². The SMILES string of the molecule is C=N/C(=N\OCCNC(=O)c1ccn(C(C)(C)COC)c1)c1cc2c(NC3CN(C)CCC3F)cccc2n1CC(F)(F)F.[CH3-].[Cs+]. The quantitative estimate of drug-likeness (QED) is 0.0736. The summed E-state index contributed by atoms with van der Waals surface area (Å²) in [5.74, 6) is -0.488. The minimum absolute atomic E-state index is 0. The van der Waals surface area contributed by atoms with Crippen molar-refractivity contribution in [2.45, 2.75) is 50.7 Å². The van der Waals surface area contributed by atoms with E-state index in [1.165, 1.54) is 6.07 Å². The van der Waals surface area contributed by atoms with Crippen molar-refractivity contribution in [1.82, 2.24) is 19.4 Å². The second kappa shape index (κ2) is 17.5. The van der Waals surface area contributed by atoms with Gasteiger partial charge in [-0.05, 0) is 58.3 Å². The Morgan fingerprint density at radius 3 is 2.63 bits per heavy atom. The number of carbonyl (C=O) groups excluding carboxylic acids is 1. The van der Waals surface area contributed by atoms with Crippen LogP contribution in [0.4, 0.5) is 23.2 Å². The number of oxime groups is 1. The number of carbonyl (C=O) groups is 1. The summed E-state index contributed by atoms with van der Waals surface area (Å²) in [5.41, 5.74) is 0.909. The maximum absolute atomic E-state index is 14.7. The number of hydrogen-bond acceptors (Lipinski definition) is 6. The van der Waals surface area contributed by atoms with Crippen LogP contribution in [-0.2, 0) is 21.7 Å². The van der Waals surface area contributed by atoms with Crippen LogP contribution in [0.1, 0.15) is 36.3 Å². The van der Waals surface area contributed by atoms with Gasteiger partial charge < -0.3 is 41.7 Å². The van der Waals surface area contributed by atoms with Crippen LogP contribution >= 0.6 is 0 Å². The molecule has 1 aliphatic heterocycles. The first kappa shape index (κ1) is 40.3.